The number of anilines is 1. The number of carbonyl (C=O) groups excluding carboxylic acids is 2. The van der Waals surface area contributed by atoms with E-state index < -0.39 is 0 Å². The molecule has 0 heterocycles. The number of hydrogen-bond donors (Lipinski definition) is 2. The number of hydrazone groups is 1. The van der Waals surface area contributed by atoms with E-state index in [2.05, 4.69) is 15.8 Å². The van der Waals surface area contributed by atoms with Crippen LogP contribution in [0.1, 0.15) is 34.8 Å². The zero-order valence-electron chi connectivity index (χ0n) is 16.7. The summed E-state index contributed by atoms with van der Waals surface area (Å²) in [7, 11) is 0. The third kappa shape index (κ3) is 6.31. The number of hydrogen-bond acceptors (Lipinski definition) is 4. The summed E-state index contributed by atoms with van der Waals surface area (Å²) in [5.74, 6) is 0.353. The molecule has 0 radical (unpaired) electrons. The number of ether oxygens (including phenoxy) is 1. The molecule has 0 aliphatic rings. The van der Waals surface area contributed by atoms with E-state index in [1.165, 1.54) is 0 Å². The Bertz CT molecular complexity index is 998. The predicted molar refractivity (Wildman–Crippen MR) is 118 cm³/mol. The van der Waals surface area contributed by atoms with Gasteiger partial charge < -0.3 is 10.1 Å². The van der Waals surface area contributed by atoms with Crippen LogP contribution in [0.2, 0.25) is 0 Å². The molecule has 3 aromatic carbocycles. The lowest BCUT2D eigenvalue weighted by molar-refractivity contribution is -0.115. The van der Waals surface area contributed by atoms with E-state index >= 15 is 0 Å². The van der Waals surface area contributed by atoms with Gasteiger partial charge in [-0.05, 0) is 59.7 Å². The number of nitrogens with zero attached hydrogens (tertiary/aromatic N) is 1. The minimum atomic E-state index is -0.331. The average Bonchev–Trinajstić information content (AvgIpc) is 2.79. The van der Waals surface area contributed by atoms with Crippen LogP contribution >= 0.6 is 0 Å². The topological polar surface area (TPSA) is 79.8 Å². The Morgan fingerprint density at radius 3 is 2.30 bits per heavy atom. The third-order valence-electron chi connectivity index (χ3n) is 4.26. The van der Waals surface area contributed by atoms with Gasteiger partial charge in [0, 0.05) is 17.7 Å². The van der Waals surface area contributed by atoms with Gasteiger partial charge in [-0.15, -0.1) is 0 Å². The molecule has 2 amide bonds. The van der Waals surface area contributed by atoms with Crippen LogP contribution in [0.25, 0.3) is 0 Å². The van der Waals surface area contributed by atoms with Gasteiger partial charge in [0.2, 0.25) is 5.91 Å². The molecule has 0 spiro atoms. The fourth-order valence-electron chi connectivity index (χ4n) is 2.58. The van der Waals surface area contributed by atoms with Gasteiger partial charge in [-0.2, -0.15) is 5.10 Å². The summed E-state index contributed by atoms with van der Waals surface area (Å²) in [6.45, 7) is 2.28. The molecule has 0 bridgehead atoms. The summed E-state index contributed by atoms with van der Waals surface area (Å²) < 4.78 is 5.75. The molecule has 30 heavy (non-hydrogen) atoms. The van der Waals surface area contributed by atoms with Crippen molar-refractivity contribution in [1.82, 2.24) is 5.43 Å². The van der Waals surface area contributed by atoms with Crippen LogP contribution < -0.4 is 15.5 Å². The summed E-state index contributed by atoms with van der Waals surface area (Å²) in [6, 6.07) is 24.0. The first kappa shape index (κ1) is 20.8. The Kier molecular flexibility index (Phi) is 7.33. The van der Waals surface area contributed by atoms with Crippen molar-refractivity contribution in [3.63, 3.8) is 0 Å². The smallest absolute Gasteiger partial charge is 0.271 e. The minimum absolute atomic E-state index is 0.0757. The highest BCUT2D eigenvalue weighted by Gasteiger charge is 2.05. The van der Waals surface area contributed by atoms with E-state index in [-0.39, 0.29) is 11.8 Å². The highest BCUT2D eigenvalue weighted by Crippen LogP contribution is 2.14. The van der Waals surface area contributed by atoms with Gasteiger partial charge >= 0.3 is 0 Å². The Hall–Kier alpha value is -3.93. The van der Waals surface area contributed by atoms with E-state index in [1.807, 2.05) is 54.6 Å². The average molecular weight is 401 g/mol. The molecule has 0 aliphatic heterocycles. The molecule has 3 aromatic rings. The monoisotopic (exact) mass is 401 g/mol. The molecular weight excluding hydrogens is 378 g/mol. The Morgan fingerprint density at radius 1 is 0.933 bits per heavy atom. The van der Waals surface area contributed by atoms with E-state index in [9.17, 15) is 9.59 Å². The van der Waals surface area contributed by atoms with Crippen molar-refractivity contribution in [3.05, 3.63) is 95.6 Å². The Balaban J connectivity index is 1.48. The maximum atomic E-state index is 12.2. The molecule has 0 saturated carbocycles. The third-order valence-corrected chi connectivity index (χ3v) is 4.26. The second-order valence-corrected chi connectivity index (χ2v) is 6.52. The summed E-state index contributed by atoms with van der Waals surface area (Å²) in [5.41, 5.74) is 5.53. The fraction of sp³-hybridized carbons (Fsp3) is 0.125. The van der Waals surface area contributed by atoms with Crippen molar-refractivity contribution >= 4 is 23.7 Å². The van der Waals surface area contributed by atoms with Crippen LogP contribution in [-0.2, 0) is 11.4 Å². The maximum absolute atomic E-state index is 12.2. The minimum Gasteiger partial charge on any atom is -0.489 e. The number of carbonyl (C=O) groups is 2. The number of rotatable bonds is 8. The van der Waals surface area contributed by atoms with Crippen LogP contribution in [0.3, 0.4) is 0 Å². The van der Waals surface area contributed by atoms with Gasteiger partial charge in [-0.1, -0.05) is 37.3 Å². The first-order valence-corrected chi connectivity index (χ1v) is 9.64. The van der Waals surface area contributed by atoms with Crippen LogP contribution in [0, 0.1) is 0 Å². The lowest BCUT2D eigenvalue weighted by atomic mass is 10.2. The van der Waals surface area contributed by atoms with Gasteiger partial charge in [0.05, 0.1) is 6.21 Å². The van der Waals surface area contributed by atoms with Crippen LogP contribution in [0.15, 0.2) is 84.0 Å². The van der Waals surface area contributed by atoms with Gasteiger partial charge in [-0.25, -0.2) is 5.43 Å². The molecule has 0 atom stereocenters. The zero-order chi connectivity index (χ0) is 21.2. The molecule has 0 saturated heterocycles. The standard InChI is InChI=1S/C24H23N3O3/c1-2-23(28)26-21-12-10-20(11-13-21)24(29)27-25-16-18-8-14-22(15-9-18)30-17-19-6-4-3-5-7-19/h3-16H,2,17H2,1H3,(H,26,28)(H,27,29)/b25-16-. The van der Waals surface area contributed by atoms with Crippen molar-refractivity contribution in [2.75, 3.05) is 5.32 Å². The second-order valence-electron chi connectivity index (χ2n) is 6.52. The lowest BCUT2D eigenvalue weighted by Gasteiger charge is -2.06. The molecule has 0 fully saturated rings. The summed E-state index contributed by atoms with van der Waals surface area (Å²) >= 11 is 0. The van der Waals surface area contributed by atoms with Crippen molar-refractivity contribution in [2.45, 2.75) is 20.0 Å². The quantitative estimate of drug-likeness (QED) is 0.434. The van der Waals surface area contributed by atoms with Gasteiger partial charge in [-0.3, -0.25) is 9.59 Å². The molecule has 152 valence electrons. The first-order valence-electron chi connectivity index (χ1n) is 9.64. The molecule has 2 N–H and O–H groups in total. The molecule has 0 aliphatic carbocycles. The van der Waals surface area contributed by atoms with Gasteiger partial charge in [0.15, 0.2) is 0 Å². The SMILES string of the molecule is CCC(=O)Nc1ccc(C(=O)N/N=C\c2ccc(OCc3ccccc3)cc2)cc1. The van der Waals surface area contributed by atoms with E-state index in [0.717, 1.165) is 16.9 Å². The van der Waals surface area contributed by atoms with Crippen molar-refractivity contribution in [2.24, 2.45) is 5.10 Å². The van der Waals surface area contributed by atoms with Crippen LogP contribution in [0.4, 0.5) is 5.69 Å². The normalized spacial score (nSPS) is 10.6. The molecular formula is C24H23N3O3. The van der Waals surface area contributed by atoms with Crippen molar-refractivity contribution in [1.29, 1.82) is 0 Å². The highest BCUT2D eigenvalue weighted by atomic mass is 16.5. The van der Waals surface area contributed by atoms with Crippen molar-refractivity contribution in [3.8, 4) is 5.75 Å². The number of amides is 2. The highest BCUT2D eigenvalue weighted by molar-refractivity contribution is 5.96. The number of nitrogens with one attached hydrogen (secondary N) is 2. The lowest BCUT2D eigenvalue weighted by Crippen LogP contribution is -2.17. The first-order chi connectivity index (χ1) is 14.6. The molecule has 0 aromatic heterocycles. The predicted octanol–water partition coefficient (Wildman–Crippen LogP) is 4.38. The second kappa shape index (κ2) is 10.6. The van der Waals surface area contributed by atoms with Crippen molar-refractivity contribution < 1.29 is 14.3 Å². The van der Waals surface area contributed by atoms with E-state index in [4.69, 9.17) is 4.74 Å². The van der Waals surface area contributed by atoms with E-state index in [1.54, 1.807) is 37.4 Å². The van der Waals surface area contributed by atoms with Gasteiger partial charge in [0.25, 0.3) is 5.91 Å². The van der Waals surface area contributed by atoms with E-state index in [0.29, 0.717) is 24.3 Å². The summed E-state index contributed by atoms with van der Waals surface area (Å²) in [4.78, 5) is 23.5. The molecule has 3 rings (SSSR count). The number of benzene rings is 3. The summed E-state index contributed by atoms with van der Waals surface area (Å²) in [6.07, 6.45) is 1.96. The fourth-order valence-corrected chi connectivity index (χ4v) is 2.58. The molecule has 6 heteroatoms. The van der Waals surface area contributed by atoms with Gasteiger partial charge in [0.1, 0.15) is 12.4 Å². The Labute approximate surface area is 175 Å². The summed E-state index contributed by atoms with van der Waals surface area (Å²) in [5, 5.41) is 6.72. The largest absolute Gasteiger partial charge is 0.489 e. The van der Waals surface area contributed by atoms with Crippen LogP contribution in [-0.4, -0.2) is 18.0 Å². The Morgan fingerprint density at radius 2 is 1.63 bits per heavy atom. The van der Waals surface area contributed by atoms with Crippen LogP contribution in [0.5, 0.6) is 5.75 Å². The maximum Gasteiger partial charge on any atom is 0.271 e. The zero-order valence-corrected chi connectivity index (χ0v) is 16.7. The molecule has 6 nitrogen and oxygen atoms in total. The molecule has 0 unspecified atom stereocenters.